The number of likely N-dealkylation sites (tertiary alicyclic amines) is 1. The molecule has 0 bridgehead atoms. The molecule has 1 saturated heterocycles. The number of hydrogen-bond donors (Lipinski definition) is 0. The van der Waals surface area contributed by atoms with E-state index >= 15 is 0 Å². The lowest BCUT2D eigenvalue weighted by molar-refractivity contribution is 0.273. The van der Waals surface area contributed by atoms with Crippen molar-refractivity contribution in [2.24, 2.45) is 7.05 Å². The highest BCUT2D eigenvalue weighted by molar-refractivity contribution is 5.60. The van der Waals surface area contributed by atoms with E-state index in [4.69, 9.17) is 0 Å². The lowest BCUT2D eigenvalue weighted by atomic mass is 10.1. The summed E-state index contributed by atoms with van der Waals surface area (Å²) < 4.78 is 4.21. The zero-order valence-corrected chi connectivity index (χ0v) is 13.3. The summed E-state index contributed by atoms with van der Waals surface area (Å²) >= 11 is 0. The van der Waals surface area contributed by atoms with Crippen LogP contribution in [0.25, 0.3) is 11.3 Å². The van der Waals surface area contributed by atoms with Crippen LogP contribution in [0.3, 0.4) is 0 Å². The Hall–Kier alpha value is -1.62. The second-order valence-corrected chi connectivity index (χ2v) is 6.06. The fourth-order valence-corrected chi connectivity index (χ4v) is 3.33. The molecule has 1 atom stereocenters. The van der Waals surface area contributed by atoms with Gasteiger partial charge in [0.15, 0.2) is 0 Å². The molecule has 0 amide bonds. The van der Waals surface area contributed by atoms with Gasteiger partial charge in [0.05, 0.1) is 23.9 Å². The summed E-state index contributed by atoms with van der Waals surface area (Å²) in [6.07, 6.45) is 9.84. The van der Waals surface area contributed by atoms with E-state index in [2.05, 4.69) is 39.6 Å². The highest BCUT2D eigenvalue weighted by Crippen LogP contribution is 2.27. The highest BCUT2D eigenvalue weighted by Gasteiger charge is 2.21. The van der Waals surface area contributed by atoms with Gasteiger partial charge in [-0.05, 0) is 39.3 Å². The molecule has 0 saturated carbocycles. The van der Waals surface area contributed by atoms with E-state index in [1.807, 2.05) is 24.3 Å². The van der Waals surface area contributed by atoms with Crippen molar-refractivity contribution in [3.63, 3.8) is 0 Å². The minimum absolute atomic E-state index is 0.486. The molecule has 5 nitrogen and oxygen atoms in total. The van der Waals surface area contributed by atoms with E-state index in [-0.39, 0.29) is 0 Å². The first-order valence-electron chi connectivity index (χ1n) is 7.94. The molecule has 0 spiro atoms. The topological polar surface area (TPSA) is 38.9 Å². The van der Waals surface area contributed by atoms with E-state index < -0.39 is 0 Å². The zero-order valence-electron chi connectivity index (χ0n) is 13.3. The second-order valence-electron chi connectivity index (χ2n) is 6.06. The standard InChI is InChI=1S/C16H25N5/c1-4-14(10-20-7-5-6-8-20)21-12-17-9-16(21)15-11-19(3)18-13(15)2/h9,11-12,14H,4-8,10H2,1-3H3/t14-/m1/s1. The summed E-state index contributed by atoms with van der Waals surface area (Å²) in [7, 11) is 1.97. The van der Waals surface area contributed by atoms with Gasteiger partial charge in [0.25, 0.3) is 0 Å². The minimum Gasteiger partial charge on any atom is -0.326 e. The Morgan fingerprint density at radius 2 is 2.05 bits per heavy atom. The van der Waals surface area contributed by atoms with Gasteiger partial charge in [-0.3, -0.25) is 4.68 Å². The smallest absolute Gasteiger partial charge is 0.0954 e. The van der Waals surface area contributed by atoms with Crippen LogP contribution in [0.15, 0.2) is 18.7 Å². The van der Waals surface area contributed by atoms with Crippen LogP contribution in [0.1, 0.15) is 37.9 Å². The molecule has 5 heteroatoms. The third kappa shape index (κ3) is 2.88. The molecule has 1 aliphatic heterocycles. The number of hydrogen-bond acceptors (Lipinski definition) is 3. The van der Waals surface area contributed by atoms with Crippen LogP contribution < -0.4 is 0 Å². The molecule has 1 fully saturated rings. The second kappa shape index (κ2) is 6.02. The molecule has 0 aliphatic carbocycles. The Bertz CT molecular complexity index is 592. The third-order valence-corrected chi connectivity index (χ3v) is 4.49. The fourth-order valence-electron chi connectivity index (χ4n) is 3.33. The van der Waals surface area contributed by atoms with Gasteiger partial charge in [0.1, 0.15) is 0 Å². The number of rotatable bonds is 5. The average Bonchev–Trinajstić information content (AvgIpc) is 3.17. The summed E-state index contributed by atoms with van der Waals surface area (Å²) in [6.45, 7) is 7.94. The first-order chi connectivity index (χ1) is 10.2. The maximum Gasteiger partial charge on any atom is 0.0954 e. The predicted octanol–water partition coefficient (Wildman–Crippen LogP) is 2.64. The number of imidazole rings is 1. The van der Waals surface area contributed by atoms with Gasteiger partial charge in [-0.15, -0.1) is 0 Å². The SMILES string of the molecule is CC[C@H](CN1CCCC1)n1cncc1-c1cn(C)nc1C. The van der Waals surface area contributed by atoms with Gasteiger partial charge in [-0.25, -0.2) is 4.98 Å². The Balaban J connectivity index is 1.87. The van der Waals surface area contributed by atoms with Crippen LogP contribution >= 0.6 is 0 Å². The molecular formula is C16H25N5. The molecule has 0 unspecified atom stereocenters. The average molecular weight is 287 g/mol. The van der Waals surface area contributed by atoms with Gasteiger partial charge in [0.2, 0.25) is 0 Å². The fraction of sp³-hybridized carbons (Fsp3) is 0.625. The lowest BCUT2D eigenvalue weighted by Crippen LogP contribution is -2.28. The van der Waals surface area contributed by atoms with Gasteiger partial charge < -0.3 is 9.47 Å². The van der Waals surface area contributed by atoms with E-state index in [0.29, 0.717) is 6.04 Å². The van der Waals surface area contributed by atoms with Crippen molar-refractivity contribution in [2.45, 2.75) is 39.2 Å². The molecule has 0 aromatic carbocycles. The maximum absolute atomic E-state index is 4.46. The van der Waals surface area contributed by atoms with Gasteiger partial charge >= 0.3 is 0 Å². The predicted molar refractivity (Wildman–Crippen MR) is 84.2 cm³/mol. The summed E-state index contributed by atoms with van der Waals surface area (Å²) in [5.74, 6) is 0. The molecule has 21 heavy (non-hydrogen) atoms. The molecule has 114 valence electrons. The minimum atomic E-state index is 0.486. The van der Waals surface area contributed by atoms with Crippen molar-refractivity contribution in [1.82, 2.24) is 24.2 Å². The summed E-state index contributed by atoms with van der Waals surface area (Å²) in [4.78, 5) is 6.98. The largest absolute Gasteiger partial charge is 0.326 e. The summed E-state index contributed by atoms with van der Waals surface area (Å²) in [5, 5.41) is 4.46. The third-order valence-electron chi connectivity index (χ3n) is 4.49. The van der Waals surface area contributed by atoms with E-state index in [0.717, 1.165) is 18.7 Å². The normalized spacial score (nSPS) is 17.5. The Labute approximate surface area is 126 Å². The molecule has 1 aliphatic rings. The van der Waals surface area contributed by atoms with Crippen molar-refractivity contribution in [3.8, 4) is 11.3 Å². The Kier molecular flexibility index (Phi) is 4.10. The monoisotopic (exact) mass is 287 g/mol. The molecule has 2 aromatic rings. The summed E-state index contributed by atoms with van der Waals surface area (Å²) in [5.41, 5.74) is 3.44. The maximum atomic E-state index is 4.46. The molecule has 3 rings (SSSR count). The van der Waals surface area contributed by atoms with Crippen LogP contribution in [0.4, 0.5) is 0 Å². The van der Waals surface area contributed by atoms with Crippen LogP contribution in [-0.2, 0) is 7.05 Å². The van der Waals surface area contributed by atoms with Crippen LogP contribution in [-0.4, -0.2) is 43.9 Å². The highest BCUT2D eigenvalue weighted by atomic mass is 15.3. The summed E-state index contributed by atoms with van der Waals surface area (Å²) in [6, 6.07) is 0.486. The van der Waals surface area contributed by atoms with Gasteiger partial charge in [-0.2, -0.15) is 5.10 Å². The quantitative estimate of drug-likeness (QED) is 0.848. The number of aromatic nitrogens is 4. The van der Waals surface area contributed by atoms with Gasteiger partial charge in [-0.1, -0.05) is 6.92 Å². The van der Waals surface area contributed by atoms with Gasteiger partial charge in [0, 0.05) is 31.4 Å². The van der Waals surface area contributed by atoms with Crippen LogP contribution in [0.2, 0.25) is 0 Å². The van der Waals surface area contributed by atoms with E-state index in [1.165, 1.54) is 37.2 Å². The van der Waals surface area contributed by atoms with Crippen LogP contribution in [0, 0.1) is 6.92 Å². The van der Waals surface area contributed by atoms with Crippen molar-refractivity contribution in [2.75, 3.05) is 19.6 Å². The van der Waals surface area contributed by atoms with E-state index in [9.17, 15) is 0 Å². The first kappa shape index (κ1) is 14.3. The number of nitrogens with zero attached hydrogens (tertiary/aromatic N) is 5. The molecule has 0 radical (unpaired) electrons. The Morgan fingerprint density at radius 3 is 2.67 bits per heavy atom. The van der Waals surface area contributed by atoms with E-state index in [1.54, 1.807) is 0 Å². The van der Waals surface area contributed by atoms with Crippen LogP contribution in [0.5, 0.6) is 0 Å². The molecule has 0 N–H and O–H groups in total. The Morgan fingerprint density at radius 1 is 1.29 bits per heavy atom. The van der Waals surface area contributed by atoms with Crippen molar-refractivity contribution in [1.29, 1.82) is 0 Å². The van der Waals surface area contributed by atoms with Crippen molar-refractivity contribution >= 4 is 0 Å². The number of aryl methyl sites for hydroxylation is 2. The molecular weight excluding hydrogens is 262 g/mol. The van der Waals surface area contributed by atoms with Crippen molar-refractivity contribution < 1.29 is 0 Å². The zero-order chi connectivity index (χ0) is 14.8. The van der Waals surface area contributed by atoms with Crippen molar-refractivity contribution in [3.05, 3.63) is 24.4 Å². The lowest BCUT2D eigenvalue weighted by Gasteiger charge is -2.25. The molecule has 2 aromatic heterocycles. The first-order valence-corrected chi connectivity index (χ1v) is 7.94. The molecule has 3 heterocycles.